The molecule has 0 aliphatic carbocycles. The van der Waals surface area contributed by atoms with E-state index >= 15 is 0 Å². The lowest BCUT2D eigenvalue weighted by Gasteiger charge is -2.24. The van der Waals surface area contributed by atoms with Gasteiger partial charge in [-0.15, -0.1) is 0 Å². The Bertz CT molecular complexity index is 648. The number of Topliss-reactive ketones (excluding diaryl/α,β-unsaturated/α-hetero) is 1. The van der Waals surface area contributed by atoms with E-state index in [1.165, 1.54) is 6.07 Å². The van der Waals surface area contributed by atoms with Crippen molar-refractivity contribution >= 4 is 11.5 Å². The Labute approximate surface area is 116 Å². The van der Waals surface area contributed by atoms with Crippen LogP contribution >= 0.6 is 0 Å². The molecule has 20 heavy (non-hydrogen) atoms. The summed E-state index contributed by atoms with van der Waals surface area (Å²) < 4.78 is 26.2. The SMILES string of the molecule is CC(C)(C(=O)c1ccc(F)c(F)c1)c1ccc(N)cc1. The highest BCUT2D eigenvalue weighted by atomic mass is 19.2. The fourth-order valence-electron chi connectivity index (χ4n) is 2.03. The molecule has 0 heterocycles. The van der Waals surface area contributed by atoms with Crippen molar-refractivity contribution in [3.8, 4) is 0 Å². The fourth-order valence-corrected chi connectivity index (χ4v) is 2.03. The van der Waals surface area contributed by atoms with Crippen LogP contribution in [-0.4, -0.2) is 5.78 Å². The first-order valence-electron chi connectivity index (χ1n) is 6.18. The lowest BCUT2D eigenvalue weighted by molar-refractivity contribution is 0.0908. The molecule has 0 amide bonds. The average molecular weight is 275 g/mol. The molecular weight excluding hydrogens is 260 g/mol. The van der Waals surface area contributed by atoms with Crippen molar-refractivity contribution in [2.75, 3.05) is 5.73 Å². The van der Waals surface area contributed by atoms with Gasteiger partial charge in [-0.2, -0.15) is 0 Å². The minimum atomic E-state index is -1.02. The Morgan fingerprint density at radius 2 is 1.60 bits per heavy atom. The van der Waals surface area contributed by atoms with Gasteiger partial charge >= 0.3 is 0 Å². The molecule has 0 unspecified atom stereocenters. The number of nitrogens with two attached hydrogens (primary N) is 1. The molecule has 0 saturated carbocycles. The molecule has 0 aliphatic heterocycles. The molecule has 2 nitrogen and oxygen atoms in total. The molecule has 2 aromatic carbocycles. The topological polar surface area (TPSA) is 43.1 Å². The van der Waals surface area contributed by atoms with Crippen molar-refractivity contribution in [3.05, 3.63) is 65.2 Å². The van der Waals surface area contributed by atoms with E-state index in [1.54, 1.807) is 38.1 Å². The van der Waals surface area contributed by atoms with Crippen LogP contribution in [0.4, 0.5) is 14.5 Å². The second kappa shape index (κ2) is 5.04. The average Bonchev–Trinajstić information content (AvgIpc) is 2.41. The molecule has 0 radical (unpaired) electrons. The van der Waals surface area contributed by atoms with Crippen LogP contribution in [0.5, 0.6) is 0 Å². The van der Waals surface area contributed by atoms with Crippen LogP contribution in [0.2, 0.25) is 0 Å². The van der Waals surface area contributed by atoms with Crippen LogP contribution in [0, 0.1) is 11.6 Å². The number of carbonyl (C=O) groups is 1. The maximum atomic E-state index is 13.2. The van der Waals surface area contributed by atoms with Gasteiger partial charge in [0, 0.05) is 11.3 Å². The molecule has 0 saturated heterocycles. The fraction of sp³-hybridized carbons (Fsp3) is 0.188. The number of carbonyl (C=O) groups excluding carboxylic acids is 1. The van der Waals surface area contributed by atoms with Gasteiger partial charge in [-0.1, -0.05) is 12.1 Å². The van der Waals surface area contributed by atoms with Crippen LogP contribution in [0.1, 0.15) is 29.8 Å². The van der Waals surface area contributed by atoms with E-state index in [0.717, 1.165) is 17.7 Å². The monoisotopic (exact) mass is 275 g/mol. The summed E-state index contributed by atoms with van der Waals surface area (Å²) in [6.07, 6.45) is 0. The molecule has 0 spiro atoms. The van der Waals surface area contributed by atoms with Gasteiger partial charge in [0.25, 0.3) is 0 Å². The third-order valence-corrected chi connectivity index (χ3v) is 3.38. The van der Waals surface area contributed by atoms with Crippen LogP contribution in [0.15, 0.2) is 42.5 Å². The number of halogens is 2. The number of hydrogen-bond donors (Lipinski definition) is 1. The first-order chi connectivity index (χ1) is 9.32. The first-order valence-corrected chi connectivity index (χ1v) is 6.18. The van der Waals surface area contributed by atoms with E-state index in [9.17, 15) is 13.6 Å². The van der Waals surface area contributed by atoms with Crippen molar-refractivity contribution in [2.24, 2.45) is 0 Å². The summed E-state index contributed by atoms with van der Waals surface area (Å²) in [4.78, 5) is 12.5. The largest absolute Gasteiger partial charge is 0.399 e. The van der Waals surface area contributed by atoms with Gasteiger partial charge in [-0.05, 0) is 49.7 Å². The van der Waals surface area contributed by atoms with Crippen molar-refractivity contribution in [2.45, 2.75) is 19.3 Å². The maximum Gasteiger partial charge on any atom is 0.172 e. The van der Waals surface area contributed by atoms with Gasteiger partial charge in [-0.3, -0.25) is 4.79 Å². The molecule has 2 rings (SSSR count). The lowest BCUT2D eigenvalue weighted by Crippen LogP contribution is -2.29. The minimum absolute atomic E-state index is 0.144. The molecule has 4 heteroatoms. The molecule has 0 aromatic heterocycles. The van der Waals surface area contributed by atoms with Crippen LogP contribution in [0.3, 0.4) is 0 Å². The molecule has 0 aliphatic rings. The van der Waals surface area contributed by atoms with E-state index in [-0.39, 0.29) is 11.3 Å². The maximum absolute atomic E-state index is 13.2. The van der Waals surface area contributed by atoms with Crippen molar-refractivity contribution in [1.29, 1.82) is 0 Å². The number of benzene rings is 2. The summed E-state index contributed by atoms with van der Waals surface area (Å²) in [5, 5.41) is 0. The van der Waals surface area contributed by atoms with Gasteiger partial charge < -0.3 is 5.73 Å². The number of rotatable bonds is 3. The highest BCUT2D eigenvalue weighted by molar-refractivity contribution is 6.03. The van der Waals surface area contributed by atoms with E-state index in [1.807, 2.05) is 0 Å². The number of hydrogen-bond acceptors (Lipinski definition) is 2. The first kappa shape index (κ1) is 14.2. The number of anilines is 1. The number of ketones is 1. The van der Waals surface area contributed by atoms with Crippen LogP contribution < -0.4 is 5.73 Å². The van der Waals surface area contributed by atoms with Crippen LogP contribution in [0.25, 0.3) is 0 Å². The Morgan fingerprint density at radius 1 is 1.00 bits per heavy atom. The Morgan fingerprint density at radius 3 is 2.15 bits per heavy atom. The lowest BCUT2D eigenvalue weighted by atomic mass is 9.78. The summed E-state index contributed by atoms with van der Waals surface area (Å²) in [6, 6.07) is 10.1. The van der Waals surface area contributed by atoms with Crippen LogP contribution in [-0.2, 0) is 5.41 Å². The third-order valence-electron chi connectivity index (χ3n) is 3.38. The van der Waals surface area contributed by atoms with Crippen molar-refractivity contribution in [3.63, 3.8) is 0 Å². The van der Waals surface area contributed by atoms with Gasteiger partial charge in [0.05, 0.1) is 5.41 Å². The minimum Gasteiger partial charge on any atom is -0.399 e. The smallest absolute Gasteiger partial charge is 0.172 e. The molecule has 2 aromatic rings. The zero-order valence-corrected chi connectivity index (χ0v) is 11.3. The Hall–Kier alpha value is -2.23. The summed E-state index contributed by atoms with van der Waals surface area (Å²) in [5.41, 5.74) is 6.28. The summed E-state index contributed by atoms with van der Waals surface area (Å²) in [6.45, 7) is 3.48. The van der Waals surface area contributed by atoms with Gasteiger partial charge in [0.2, 0.25) is 0 Å². The molecule has 2 N–H and O–H groups in total. The Kier molecular flexibility index (Phi) is 3.57. The van der Waals surface area contributed by atoms with Gasteiger partial charge in [0.15, 0.2) is 17.4 Å². The van der Waals surface area contributed by atoms with E-state index in [2.05, 4.69) is 0 Å². The van der Waals surface area contributed by atoms with E-state index in [4.69, 9.17) is 5.73 Å². The number of nitrogen functional groups attached to an aromatic ring is 1. The standard InChI is InChI=1S/C16H15F2NO/c1-16(2,11-4-6-12(19)7-5-11)15(20)10-3-8-13(17)14(18)9-10/h3-9H,19H2,1-2H3. The third kappa shape index (κ3) is 2.54. The summed E-state index contributed by atoms with van der Waals surface area (Å²) in [5.74, 6) is -2.27. The summed E-state index contributed by atoms with van der Waals surface area (Å²) in [7, 11) is 0. The highest BCUT2D eigenvalue weighted by Crippen LogP contribution is 2.28. The molecule has 0 bridgehead atoms. The molecule has 104 valence electrons. The predicted molar refractivity (Wildman–Crippen MR) is 74.6 cm³/mol. The quantitative estimate of drug-likeness (QED) is 0.685. The van der Waals surface area contributed by atoms with Gasteiger partial charge in [0.1, 0.15) is 0 Å². The Balaban J connectivity index is 2.39. The predicted octanol–water partition coefficient (Wildman–Crippen LogP) is 3.71. The second-order valence-electron chi connectivity index (χ2n) is 5.21. The molecule has 0 fully saturated rings. The van der Waals surface area contributed by atoms with Crippen molar-refractivity contribution in [1.82, 2.24) is 0 Å². The normalized spacial score (nSPS) is 11.4. The zero-order valence-electron chi connectivity index (χ0n) is 11.3. The highest BCUT2D eigenvalue weighted by Gasteiger charge is 2.31. The zero-order chi connectivity index (χ0) is 14.9. The second-order valence-corrected chi connectivity index (χ2v) is 5.21. The van der Waals surface area contributed by atoms with Crippen molar-refractivity contribution < 1.29 is 13.6 Å². The molecule has 0 atom stereocenters. The molecular formula is C16H15F2NO. The van der Waals surface area contributed by atoms with E-state index in [0.29, 0.717) is 5.69 Å². The summed E-state index contributed by atoms with van der Waals surface area (Å²) >= 11 is 0. The van der Waals surface area contributed by atoms with E-state index < -0.39 is 17.0 Å². The van der Waals surface area contributed by atoms with Gasteiger partial charge in [-0.25, -0.2) is 8.78 Å².